The molecule has 0 radical (unpaired) electrons. The first kappa shape index (κ1) is 16.2. The van der Waals surface area contributed by atoms with Gasteiger partial charge in [0.2, 0.25) is 0 Å². The van der Waals surface area contributed by atoms with Gasteiger partial charge in [-0.05, 0) is 23.8 Å². The molecule has 0 aliphatic carbocycles. The van der Waals surface area contributed by atoms with Crippen LogP contribution < -0.4 is 5.32 Å². The first-order chi connectivity index (χ1) is 9.98. The molecule has 1 atom stereocenters. The maximum absolute atomic E-state index is 4.44. The summed E-state index contributed by atoms with van der Waals surface area (Å²) in [7, 11) is 0. The molecule has 114 valence electrons. The third-order valence-corrected chi connectivity index (χ3v) is 4.59. The van der Waals surface area contributed by atoms with Gasteiger partial charge < -0.3 is 5.32 Å². The predicted octanol–water partition coefficient (Wildman–Crippen LogP) is 4.97. The smallest absolute Gasteiger partial charge is 0.0925 e. The molecule has 1 unspecified atom stereocenters. The van der Waals surface area contributed by atoms with Crippen LogP contribution in [0.1, 0.15) is 55.6 Å². The molecule has 3 heteroatoms. The van der Waals surface area contributed by atoms with E-state index in [1.54, 1.807) is 0 Å². The number of hydrogen-bond acceptors (Lipinski definition) is 3. The van der Waals surface area contributed by atoms with Crippen molar-refractivity contribution in [3.05, 3.63) is 52.0 Å². The van der Waals surface area contributed by atoms with Crippen LogP contribution in [0.3, 0.4) is 0 Å². The van der Waals surface area contributed by atoms with Gasteiger partial charge in [0.25, 0.3) is 0 Å². The molecule has 0 bridgehead atoms. The quantitative estimate of drug-likeness (QED) is 0.814. The Morgan fingerprint density at radius 1 is 1.19 bits per heavy atom. The van der Waals surface area contributed by atoms with Crippen LogP contribution in [0.5, 0.6) is 0 Å². The fraction of sp³-hybridized carbons (Fsp3) is 0.500. The van der Waals surface area contributed by atoms with Gasteiger partial charge in [0.05, 0.1) is 5.01 Å². The minimum absolute atomic E-state index is 0.301. The Balaban J connectivity index is 2.05. The van der Waals surface area contributed by atoms with E-state index in [0.717, 1.165) is 19.4 Å². The van der Waals surface area contributed by atoms with Crippen LogP contribution in [0.4, 0.5) is 0 Å². The van der Waals surface area contributed by atoms with Gasteiger partial charge in [0.1, 0.15) is 0 Å². The summed E-state index contributed by atoms with van der Waals surface area (Å²) in [5.41, 5.74) is 1.67. The van der Waals surface area contributed by atoms with Crippen molar-refractivity contribution in [2.24, 2.45) is 5.41 Å². The van der Waals surface area contributed by atoms with E-state index >= 15 is 0 Å². The van der Waals surface area contributed by atoms with Crippen LogP contribution >= 0.6 is 11.3 Å². The van der Waals surface area contributed by atoms with E-state index in [2.05, 4.69) is 68.3 Å². The second-order valence-electron chi connectivity index (χ2n) is 6.68. The minimum atomic E-state index is 0.301. The monoisotopic (exact) mass is 302 g/mol. The van der Waals surface area contributed by atoms with E-state index in [1.807, 2.05) is 17.5 Å². The fourth-order valence-corrected chi connectivity index (χ4v) is 3.24. The molecule has 0 aliphatic heterocycles. The molecule has 0 fully saturated rings. The highest BCUT2D eigenvalue weighted by Crippen LogP contribution is 2.29. The maximum atomic E-state index is 4.44. The van der Waals surface area contributed by atoms with Crippen molar-refractivity contribution >= 4 is 11.3 Å². The van der Waals surface area contributed by atoms with Crippen molar-refractivity contribution < 1.29 is 0 Å². The van der Waals surface area contributed by atoms with Gasteiger partial charge in [-0.25, -0.2) is 4.98 Å². The summed E-state index contributed by atoms with van der Waals surface area (Å²) >= 11 is 1.81. The van der Waals surface area contributed by atoms with Gasteiger partial charge in [-0.1, -0.05) is 58.0 Å². The summed E-state index contributed by atoms with van der Waals surface area (Å²) in [5, 5.41) is 4.94. The van der Waals surface area contributed by atoms with Gasteiger partial charge in [0.15, 0.2) is 0 Å². The third-order valence-electron chi connectivity index (χ3n) is 3.45. The van der Waals surface area contributed by atoms with E-state index in [1.165, 1.54) is 15.4 Å². The Bertz CT molecular complexity index is 540. The lowest BCUT2D eigenvalue weighted by Crippen LogP contribution is -2.25. The molecule has 1 N–H and O–H groups in total. The van der Waals surface area contributed by atoms with E-state index < -0.39 is 0 Å². The molecule has 21 heavy (non-hydrogen) atoms. The molecule has 0 saturated heterocycles. The van der Waals surface area contributed by atoms with Crippen molar-refractivity contribution in [1.29, 1.82) is 0 Å². The average Bonchev–Trinajstić information content (AvgIpc) is 2.91. The first-order valence-electron chi connectivity index (χ1n) is 7.70. The average molecular weight is 302 g/mol. The normalized spacial score (nSPS) is 13.3. The summed E-state index contributed by atoms with van der Waals surface area (Å²) in [4.78, 5) is 5.76. The number of aryl methyl sites for hydroxylation is 1. The molecule has 0 amide bonds. The Morgan fingerprint density at radius 3 is 2.48 bits per heavy atom. The van der Waals surface area contributed by atoms with Crippen molar-refractivity contribution in [2.45, 2.75) is 53.1 Å². The summed E-state index contributed by atoms with van der Waals surface area (Å²) in [6, 6.07) is 11.1. The number of rotatable bonds is 6. The van der Waals surface area contributed by atoms with Crippen LogP contribution in [0.2, 0.25) is 0 Å². The van der Waals surface area contributed by atoms with Crippen molar-refractivity contribution in [2.75, 3.05) is 0 Å². The largest absolute Gasteiger partial charge is 0.305 e. The molecule has 2 rings (SSSR count). The minimum Gasteiger partial charge on any atom is -0.305 e. The Hall–Kier alpha value is -1.19. The molecule has 0 spiro atoms. The Labute approximate surface area is 132 Å². The van der Waals surface area contributed by atoms with E-state index in [-0.39, 0.29) is 0 Å². The van der Waals surface area contributed by atoms with Gasteiger partial charge in [0, 0.05) is 23.7 Å². The van der Waals surface area contributed by atoms with Gasteiger partial charge in [-0.3, -0.25) is 0 Å². The van der Waals surface area contributed by atoms with Crippen LogP contribution in [0.25, 0.3) is 0 Å². The number of nitrogens with one attached hydrogen (secondary N) is 1. The molecule has 1 heterocycles. The first-order valence-corrected chi connectivity index (χ1v) is 8.51. The molecule has 0 aliphatic rings. The lowest BCUT2D eigenvalue weighted by Gasteiger charge is -2.27. The highest BCUT2D eigenvalue weighted by Gasteiger charge is 2.20. The fourth-order valence-electron chi connectivity index (χ4n) is 2.42. The van der Waals surface area contributed by atoms with Crippen LogP contribution in [0, 0.1) is 5.41 Å². The lowest BCUT2D eigenvalue weighted by atomic mass is 9.85. The van der Waals surface area contributed by atoms with Crippen LogP contribution in [-0.4, -0.2) is 4.98 Å². The van der Waals surface area contributed by atoms with Crippen molar-refractivity contribution in [3.63, 3.8) is 0 Å². The lowest BCUT2D eigenvalue weighted by molar-refractivity contribution is 0.310. The number of aromatic nitrogens is 1. The number of thiazole rings is 1. The molecule has 1 aromatic heterocycles. The zero-order chi connectivity index (χ0) is 15.3. The molecule has 1 aromatic carbocycles. The van der Waals surface area contributed by atoms with Gasteiger partial charge in [-0.2, -0.15) is 0 Å². The van der Waals surface area contributed by atoms with E-state index in [0.29, 0.717) is 11.5 Å². The SMILES string of the molecule is CCc1ncc(CNC(CC(C)(C)C)c2ccccc2)s1. The van der Waals surface area contributed by atoms with Crippen LogP contribution in [-0.2, 0) is 13.0 Å². The standard InChI is InChI=1S/C18H26N2S/c1-5-17-20-13-15(21-17)12-19-16(11-18(2,3)4)14-9-7-6-8-10-14/h6-10,13,16,19H,5,11-12H2,1-4H3. The summed E-state index contributed by atoms with van der Waals surface area (Å²) in [6.45, 7) is 9.95. The molecule has 2 aromatic rings. The Morgan fingerprint density at radius 2 is 1.90 bits per heavy atom. The number of benzene rings is 1. The third kappa shape index (κ3) is 5.25. The second kappa shape index (κ2) is 7.19. The van der Waals surface area contributed by atoms with Gasteiger partial charge >= 0.3 is 0 Å². The number of hydrogen-bond donors (Lipinski definition) is 1. The van der Waals surface area contributed by atoms with Gasteiger partial charge in [-0.15, -0.1) is 11.3 Å². The summed E-state index contributed by atoms with van der Waals surface area (Å²) in [6.07, 6.45) is 4.15. The van der Waals surface area contributed by atoms with Crippen molar-refractivity contribution in [3.8, 4) is 0 Å². The highest BCUT2D eigenvalue weighted by molar-refractivity contribution is 7.11. The summed E-state index contributed by atoms with van der Waals surface area (Å²) < 4.78 is 0. The summed E-state index contributed by atoms with van der Waals surface area (Å²) in [5.74, 6) is 0. The maximum Gasteiger partial charge on any atom is 0.0925 e. The Kier molecular flexibility index (Phi) is 5.54. The second-order valence-corrected chi connectivity index (χ2v) is 7.88. The van der Waals surface area contributed by atoms with Crippen molar-refractivity contribution in [1.82, 2.24) is 10.3 Å². The highest BCUT2D eigenvalue weighted by atomic mass is 32.1. The molecular weight excluding hydrogens is 276 g/mol. The van der Waals surface area contributed by atoms with Crippen LogP contribution in [0.15, 0.2) is 36.5 Å². The number of nitrogens with zero attached hydrogens (tertiary/aromatic N) is 1. The molecule has 0 saturated carbocycles. The predicted molar refractivity (Wildman–Crippen MR) is 91.6 cm³/mol. The topological polar surface area (TPSA) is 24.9 Å². The zero-order valence-corrected chi connectivity index (χ0v) is 14.3. The zero-order valence-electron chi connectivity index (χ0n) is 13.5. The van der Waals surface area contributed by atoms with E-state index in [9.17, 15) is 0 Å². The molecular formula is C18H26N2S. The molecule has 2 nitrogen and oxygen atoms in total. The van der Waals surface area contributed by atoms with E-state index in [4.69, 9.17) is 0 Å².